The van der Waals surface area contributed by atoms with E-state index in [2.05, 4.69) is 0 Å². The van der Waals surface area contributed by atoms with Gasteiger partial charge in [-0.15, -0.1) is 0 Å². The third-order valence-electron chi connectivity index (χ3n) is 4.48. The summed E-state index contributed by atoms with van der Waals surface area (Å²) in [6.07, 6.45) is 4.92. The fourth-order valence-electron chi connectivity index (χ4n) is 3.47. The summed E-state index contributed by atoms with van der Waals surface area (Å²) in [7, 11) is 1.63. The molecule has 1 N–H and O–H groups in total. The molecule has 0 bridgehead atoms. The van der Waals surface area contributed by atoms with Crippen LogP contribution in [0.4, 0.5) is 4.79 Å². The lowest BCUT2D eigenvalue weighted by molar-refractivity contribution is -0.141. The molecular formula is C14H21N3O3. The third kappa shape index (κ3) is 2.72. The van der Waals surface area contributed by atoms with Crippen LogP contribution in [-0.2, 0) is 4.79 Å². The molecule has 0 aromatic rings. The van der Waals surface area contributed by atoms with E-state index in [1.54, 1.807) is 11.9 Å². The number of hydrogen-bond donors (Lipinski definition) is 1. The molecule has 1 aliphatic heterocycles. The second-order valence-corrected chi connectivity index (χ2v) is 5.72. The zero-order valence-electron chi connectivity index (χ0n) is 11.8. The molecule has 1 aliphatic carbocycles. The van der Waals surface area contributed by atoms with E-state index in [9.17, 15) is 14.7 Å². The van der Waals surface area contributed by atoms with E-state index in [4.69, 9.17) is 5.26 Å². The molecule has 3 atom stereocenters. The highest BCUT2D eigenvalue weighted by molar-refractivity contribution is 5.83. The Kier molecular flexibility index (Phi) is 4.48. The number of nitriles is 1. The number of carboxylic acids is 1. The maximum atomic E-state index is 12.5. The van der Waals surface area contributed by atoms with Crippen molar-refractivity contribution in [2.45, 2.75) is 50.6 Å². The van der Waals surface area contributed by atoms with Gasteiger partial charge in [-0.1, -0.05) is 12.8 Å². The number of aliphatic carboxylic acids is 1. The van der Waals surface area contributed by atoms with E-state index in [1.807, 2.05) is 6.07 Å². The molecule has 2 fully saturated rings. The normalized spacial score (nSPS) is 28.6. The molecular weight excluding hydrogens is 258 g/mol. The van der Waals surface area contributed by atoms with E-state index >= 15 is 0 Å². The van der Waals surface area contributed by atoms with Gasteiger partial charge in [-0.25, -0.2) is 9.59 Å². The van der Waals surface area contributed by atoms with Crippen LogP contribution in [0.15, 0.2) is 0 Å². The molecule has 2 aliphatic rings. The van der Waals surface area contributed by atoms with Crippen LogP contribution in [0.3, 0.4) is 0 Å². The first kappa shape index (κ1) is 14.6. The molecule has 0 aromatic heterocycles. The van der Waals surface area contributed by atoms with Gasteiger partial charge in [-0.2, -0.15) is 5.26 Å². The highest BCUT2D eigenvalue weighted by Crippen LogP contribution is 2.40. The fraction of sp³-hybridized carbons (Fsp3) is 0.786. The van der Waals surface area contributed by atoms with Crippen molar-refractivity contribution in [2.75, 3.05) is 13.6 Å². The lowest BCUT2D eigenvalue weighted by atomic mass is 9.85. The van der Waals surface area contributed by atoms with E-state index in [0.717, 1.165) is 25.7 Å². The fourth-order valence-corrected chi connectivity index (χ4v) is 3.47. The van der Waals surface area contributed by atoms with Crippen LogP contribution in [0.2, 0.25) is 0 Å². The number of urea groups is 1. The van der Waals surface area contributed by atoms with Gasteiger partial charge < -0.3 is 14.9 Å². The summed E-state index contributed by atoms with van der Waals surface area (Å²) in [6, 6.07) is 1.11. The number of fused-ring (bicyclic) bond motifs is 1. The molecule has 0 spiro atoms. The Bertz CT molecular complexity index is 432. The topological polar surface area (TPSA) is 84.6 Å². The summed E-state index contributed by atoms with van der Waals surface area (Å²) < 4.78 is 0. The first-order chi connectivity index (χ1) is 9.56. The molecule has 3 unspecified atom stereocenters. The third-order valence-corrected chi connectivity index (χ3v) is 4.48. The SMILES string of the molecule is CN(CCC#N)C(=O)N1C(C(=O)O)CC2CCCCC21. The molecule has 6 nitrogen and oxygen atoms in total. The maximum Gasteiger partial charge on any atom is 0.326 e. The van der Waals surface area contributed by atoms with Gasteiger partial charge in [-0.05, 0) is 25.2 Å². The van der Waals surface area contributed by atoms with Crippen molar-refractivity contribution in [3.8, 4) is 6.07 Å². The minimum atomic E-state index is -0.915. The molecule has 110 valence electrons. The van der Waals surface area contributed by atoms with Crippen LogP contribution in [-0.4, -0.2) is 52.6 Å². The molecule has 6 heteroatoms. The number of rotatable bonds is 3. The maximum absolute atomic E-state index is 12.5. The molecule has 1 saturated carbocycles. The van der Waals surface area contributed by atoms with Gasteiger partial charge in [-0.3, -0.25) is 0 Å². The first-order valence-electron chi connectivity index (χ1n) is 7.19. The van der Waals surface area contributed by atoms with Crippen LogP contribution in [0, 0.1) is 17.2 Å². The minimum Gasteiger partial charge on any atom is -0.480 e. The van der Waals surface area contributed by atoms with Gasteiger partial charge >= 0.3 is 12.0 Å². The molecule has 0 aromatic carbocycles. The van der Waals surface area contributed by atoms with Crippen LogP contribution in [0.5, 0.6) is 0 Å². The zero-order valence-corrected chi connectivity index (χ0v) is 11.8. The van der Waals surface area contributed by atoms with Crippen molar-refractivity contribution < 1.29 is 14.7 Å². The van der Waals surface area contributed by atoms with Crippen LogP contribution >= 0.6 is 0 Å². The summed E-state index contributed by atoms with van der Waals surface area (Å²) in [6.45, 7) is 0.343. The monoisotopic (exact) mass is 279 g/mol. The highest BCUT2D eigenvalue weighted by atomic mass is 16.4. The van der Waals surface area contributed by atoms with Crippen LogP contribution in [0.1, 0.15) is 38.5 Å². The van der Waals surface area contributed by atoms with Gasteiger partial charge in [0.2, 0.25) is 0 Å². The van der Waals surface area contributed by atoms with Crippen molar-refractivity contribution in [2.24, 2.45) is 5.92 Å². The van der Waals surface area contributed by atoms with Gasteiger partial charge in [0.25, 0.3) is 0 Å². The Balaban J connectivity index is 2.14. The van der Waals surface area contributed by atoms with E-state index in [-0.39, 0.29) is 18.5 Å². The molecule has 2 rings (SSSR count). The number of carbonyl (C=O) groups is 2. The van der Waals surface area contributed by atoms with Crippen molar-refractivity contribution >= 4 is 12.0 Å². The first-order valence-corrected chi connectivity index (χ1v) is 7.19. The number of carboxylic acid groups (broad SMARTS) is 1. The minimum absolute atomic E-state index is 0.0573. The van der Waals surface area contributed by atoms with Crippen molar-refractivity contribution in [1.29, 1.82) is 5.26 Å². The highest BCUT2D eigenvalue weighted by Gasteiger charge is 2.48. The van der Waals surface area contributed by atoms with Gasteiger partial charge in [0.1, 0.15) is 6.04 Å². The predicted octanol–water partition coefficient (Wildman–Crippen LogP) is 1.67. The number of likely N-dealkylation sites (tertiary alicyclic amines) is 1. The Morgan fingerprint density at radius 2 is 2.10 bits per heavy atom. The summed E-state index contributed by atoms with van der Waals surface area (Å²) in [5, 5.41) is 18.0. The van der Waals surface area contributed by atoms with Crippen LogP contribution in [0.25, 0.3) is 0 Å². The summed E-state index contributed by atoms with van der Waals surface area (Å²) in [5.41, 5.74) is 0. The number of amides is 2. The second kappa shape index (κ2) is 6.12. The Hall–Kier alpha value is -1.77. The van der Waals surface area contributed by atoms with Crippen molar-refractivity contribution in [3.05, 3.63) is 0 Å². The van der Waals surface area contributed by atoms with Crippen molar-refractivity contribution in [1.82, 2.24) is 9.80 Å². The number of carbonyl (C=O) groups excluding carboxylic acids is 1. The average molecular weight is 279 g/mol. The average Bonchev–Trinajstić information content (AvgIpc) is 2.83. The Morgan fingerprint density at radius 1 is 1.40 bits per heavy atom. The number of hydrogen-bond acceptors (Lipinski definition) is 3. The smallest absolute Gasteiger partial charge is 0.326 e. The molecule has 20 heavy (non-hydrogen) atoms. The summed E-state index contributed by atoms with van der Waals surface area (Å²) in [4.78, 5) is 27.0. The summed E-state index contributed by atoms with van der Waals surface area (Å²) in [5.74, 6) is -0.598. The quantitative estimate of drug-likeness (QED) is 0.851. The number of nitrogens with zero attached hydrogens (tertiary/aromatic N) is 3. The molecule has 2 amide bonds. The lowest BCUT2D eigenvalue weighted by Gasteiger charge is -2.35. The molecule has 1 saturated heterocycles. The van der Waals surface area contributed by atoms with E-state index in [0.29, 0.717) is 18.9 Å². The van der Waals surface area contributed by atoms with Gasteiger partial charge in [0.05, 0.1) is 12.5 Å². The summed E-state index contributed by atoms with van der Waals surface area (Å²) >= 11 is 0. The second-order valence-electron chi connectivity index (χ2n) is 5.72. The van der Waals surface area contributed by atoms with Crippen LogP contribution < -0.4 is 0 Å². The van der Waals surface area contributed by atoms with Gasteiger partial charge in [0.15, 0.2) is 0 Å². The Labute approximate surface area is 119 Å². The lowest BCUT2D eigenvalue weighted by Crippen LogP contribution is -2.51. The molecule has 0 radical (unpaired) electrons. The van der Waals surface area contributed by atoms with E-state index in [1.165, 1.54) is 4.90 Å². The predicted molar refractivity (Wildman–Crippen MR) is 71.9 cm³/mol. The zero-order chi connectivity index (χ0) is 14.7. The largest absolute Gasteiger partial charge is 0.480 e. The molecule has 1 heterocycles. The standard InChI is InChI=1S/C14H21N3O3/c1-16(8-4-7-15)14(20)17-11-6-3-2-5-10(11)9-12(17)13(18)19/h10-12H,2-6,8-9H2,1H3,(H,18,19). The van der Waals surface area contributed by atoms with E-state index < -0.39 is 12.0 Å². The van der Waals surface area contributed by atoms with Crippen molar-refractivity contribution in [3.63, 3.8) is 0 Å². The Morgan fingerprint density at radius 3 is 2.75 bits per heavy atom. The van der Waals surface area contributed by atoms with Gasteiger partial charge in [0, 0.05) is 19.6 Å².